The van der Waals surface area contributed by atoms with Crippen molar-refractivity contribution in [3.05, 3.63) is 127 Å². The third-order valence-electron chi connectivity index (χ3n) is 8.21. The fourth-order valence-electron chi connectivity index (χ4n) is 5.19. The van der Waals surface area contributed by atoms with Gasteiger partial charge in [0.25, 0.3) is 0 Å². The first kappa shape index (κ1) is 50.8. The minimum atomic E-state index is -0.375. The number of hydrogen-bond donors (Lipinski definition) is 2. The second-order valence-electron chi connectivity index (χ2n) is 13.6. The van der Waals surface area contributed by atoms with Gasteiger partial charge in [0.2, 0.25) is 0 Å². The van der Waals surface area contributed by atoms with Gasteiger partial charge in [-0.15, -0.1) is 24.8 Å². The molecule has 312 valence electrons. The van der Waals surface area contributed by atoms with Gasteiger partial charge in [-0.25, -0.2) is 0 Å². The molecule has 9 heteroatoms. The molecule has 0 aromatic heterocycles. The maximum atomic E-state index is 8.56. The van der Waals surface area contributed by atoms with Crippen molar-refractivity contribution in [1.29, 1.82) is 0 Å². The number of allylic oxidation sites excluding steroid dienone is 1. The van der Waals surface area contributed by atoms with Gasteiger partial charge in [-0.3, -0.25) is 0 Å². The van der Waals surface area contributed by atoms with E-state index in [-0.39, 0.29) is 32.6 Å². The van der Waals surface area contributed by atoms with Crippen LogP contribution in [0.15, 0.2) is 130 Å². The molecule has 8 nitrogen and oxygen atoms in total. The first-order chi connectivity index (χ1) is 27.3. The van der Waals surface area contributed by atoms with Crippen LogP contribution < -0.4 is 9.47 Å². The van der Waals surface area contributed by atoms with Gasteiger partial charge >= 0.3 is 0 Å². The number of hydrogen-bond acceptors (Lipinski definition) is 8. The van der Waals surface area contributed by atoms with Crippen LogP contribution >= 0.6 is 0 Å². The Kier molecular flexibility index (Phi) is 29.2. The number of rotatable bonds is 22. The van der Waals surface area contributed by atoms with Crippen molar-refractivity contribution in [2.45, 2.75) is 117 Å². The van der Waals surface area contributed by atoms with E-state index < -0.39 is 0 Å². The van der Waals surface area contributed by atoms with Crippen molar-refractivity contribution in [3.63, 3.8) is 0 Å². The summed E-state index contributed by atoms with van der Waals surface area (Å²) in [7, 11) is 0. The Hall–Kier alpha value is -4.26. The van der Waals surface area contributed by atoms with E-state index in [2.05, 4.69) is 65.2 Å². The smallest absolute Gasteiger partial charge is 0.119 e. The number of azo groups is 2. The van der Waals surface area contributed by atoms with Crippen molar-refractivity contribution in [2.24, 2.45) is 20.5 Å². The summed E-state index contributed by atoms with van der Waals surface area (Å²) in [6, 6.07) is 32.7. The number of aryl methyl sites for hydroxylation is 1. The summed E-state index contributed by atoms with van der Waals surface area (Å²) in [6.07, 6.45) is 17.6. The average Bonchev–Trinajstić information content (AvgIpc) is 3.20. The van der Waals surface area contributed by atoms with E-state index in [1.54, 1.807) is 13.8 Å². The normalized spacial score (nSPS) is 11.9. The third-order valence-corrected chi connectivity index (χ3v) is 8.21. The van der Waals surface area contributed by atoms with Crippen molar-refractivity contribution in [2.75, 3.05) is 13.2 Å². The first-order valence-corrected chi connectivity index (χ1v) is 20.3. The number of unbranched alkanes of at least 4 members (excludes halogenated alkanes) is 6. The molecule has 4 aromatic rings. The second kappa shape index (κ2) is 32.8. The molecule has 0 heterocycles. The quantitative estimate of drug-likeness (QED) is 0.0270. The zero-order valence-corrected chi connectivity index (χ0v) is 36.3. The van der Waals surface area contributed by atoms with E-state index in [0.29, 0.717) is 18.7 Å². The summed E-state index contributed by atoms with van der Waals surface area (Å²) >= 11 is 0. The van der Waals surface area contributed by atoms with E-state index in [1.807, 2.05) is 97.9 Å². The Morgan fingerprint density at radius 2 is 1.18 bits per heavy atom. The maximum Gasteiger partial charge on any atom is 0.119 e. The van der Waals surface area contributed by atoms with Crippen LogP contribution in [0.5, 0.6) is 11.5 Å². The summed E-state index contributed by atoms with van der Waals surface area (Å²) < 4.78 is 11.3. The molecule has 2 atom stereocenters. The largest absolute Gasteiger partial charge is 0.551 e. The van der Waals surface area contributed by atoms with Crippen molar-refractivity contribution in [3.8, 4) is 11.5 Å². The molecule has 57 heavy (non-hydrogen) atoms. The third kappa shape index (κ3) is 25.6. The van der Waals surface area contributed by atoms with Gasteiger partial charge in [-0.2, -0.15) is 26.5 Å². The number of nitrogens with zero attached hydrogens (tertiary/aromatic N) is 4. The zero-order valence-electron chi connectivity index (χ0n) is 34.8. The minimum absolute atomic E-state index is 0. The van der Waals surface area contributed by atoms with Crippen molar-refractivity contribution >= 4 is 28.8 Å². The van der Waals surface area contributed by atoms with Crippen LogP contribution in [0.3, 0.4) is 0 Å². The summed E-state index contributed by atoms with van der Waals surface area (Å²) in [5, 5.41) is 34.2. The molecule has 2 unspecified atom stereocenters. The predicted molar refractivity (Wildman–Crippen MR) is 233 cm³/mol. The van der Waals surface area contributed by atoms with Crippen LogP contribution in [0.25, 0.3) is 6.08 Å². The molecule has 4 aromatic carbocycles. The van der Waals surface area contributed by atoms with Crippen LogP contribution in [-0.2, 0) is 26.8 Å². The SMILES string of the molecule is C=CCCOc1ccc(N=Nc2ccc(CCCCCC)cc2)cc1.CC(O)CC(C)O.CC=Cc1ccc(N=Nc2[c-]cc(OCCCCCC)cc2)cc1.[Pd]. The molecule has 0 aliphatic heterocycles. The number of ether oxygens (including phenoxy) is 2. The van der Waals surface area contributed by atoms with Crippen LogP contribution in [-0.4, -0.2) is 35.6 Å². The molecule has 0 aliphatic carbocycles. The predicted octanol–water partition coefficient (Wildman–Crippen LogP) is 14.2. The Morgan fingerprint density at radius 1 is 0.649 bits per heavy atom. The molecule has 4 rings (SSSR count). The summed E-state index contributed by atoms with van der Waals surface area (Å²) in [5.41, 5.74) is 5.75. The zero-order chi connectivity index (χ0) is 40.6. The van der Waals surface area contributed by atoms with Gasteiger partial charge in [-0.1, -0.05) is 94.9 Å². The van der Waals surface area contributed by atoms with E-state index in [4.69, 9.17) is 19.7 Å². The van der Waals surface area contributed by atoms with E-state index in [9.17, 15) is 0 Å². The van der Waals surface area contributed by atoms with Crippen molar-refractivity contribution < 1.29 is 40.1 Å². The fourth-order valence-corrected chi connectivity index (χ4v) is 5.19. The van der Waals surface area contributed by atoms with E-state index in [1.165, 1.54) is 50.5 Å². The maximum absolute atomic E-state index is 8.56. The summed E-state index contributed by atoms with van der Waals surface area (Å²) in [5.74, 6) is 1.68. The molecular weight excluding hydrogens is 803 g/mol. The van der Waals surface area contributed by atoms with Crippen LogP contribution in [0, 0.1) is 6.07 Å². The fraction of sp³-hybridized carbons (Fsp3) is 0.417. The Labute approximate surface area is 356 Å². The average molecular weight is 868 g/mol. The molecule has 0 saturated carbocycles. The van der Waals surface area contributed by atoms with Gasteiger partial charge in [0, 0.05) is 26.2 Å². The topological polar surface area (TPSA) is 108 Å². The molecule has 0 saturated heterocycles. The van der Waals surface area contributed by atoms with Crippen LogP contribution in [0.4, 0.5) is 22.7 Å². The second-order valence-corrected chi connectivity index (χ2v) is 13.6. The monoisotopic (exact) mass is 867 g/mol. The molecule has 0 aliphatic rings. The molecule has 0 amide bonds. The minimum Gasteiger partial charge on any atom is -0.551 e. The number of aliphatic hydroxyl groups excluding tert-OH is 2. The van der Waals surface area contributed by atoms with Gasteiger partial charge in [0.15, 0.2) is 0 Å². The Bertz CT molecular complexity index is 1650. The summed E-state index contributed by atoms with van der Waals surface area (Å²) in [6.45, 7) is 14.9. The molecule has 2 N–H and O–H groups in total. The molecule has 0 radical (unpaired) electrons. The first-order valence-electron chi connectivity index (χ1n) is 20.3. The van der Waals surface area contributed by atoms with Gasteiger partial charge in [0.05, 0.1) is 42.5 Å². The van der Waals surface area contributed by atoms with Gasteiger partial charge in [0.1, 0.15) is 5.75 Å². The van der Waals surface area contributed by atoms with Gasteiger partial charge < -0.3 is 19.7 Å². The van der Waals surface area contributed by atoms with Gasteiger partial charge in [-0.05, 0) is 118 Å². The van der Waals surface area contributed by atoms with E-state index >= 15 is 0 Å². The number of benzene rings is 4. The molecule has 0 bridgehead atoms. The van der Waals surface area contributed by atoms with Crippen molar-refractivity contribution in [1.82, 2.24) is 0 Å². The summed E-state index contributed by atoms with van der Waals surface area (Å²) in [4.78, 5) is 0. The molecular formula is C48H65N4O4Pd-. The number of aliphatic hydroxyl groups is 2. The molecule has 0 spiro atoms. The Balaban J connectivity index is 0.000000482. The van der Waals surface area contributed by atoms with Crippen LogP contribution in [0.2, 0.25) is 0 Å². The molecule has 0 fully saturated rings. The van der Waals surface area contributed by atoms with Crippen LogP contribution in [0.1, 0.15) is 110 Å². The Morgan fingerprint density at radius 3 is 1.68 bits per heavy atom. The van der Waals surface area contributed by atoms with E-state index in [0.717, 1.165) is 60.0 Å². The standard InChI is InChI=1S/C22H28N2O.C21H25N2O.C5H12O2.Pd/c1-3-5-7-8-9-19-10-12-20(13-11-19)23-24-21-14-16-22(17-15-21)25-18-6-4-2;1-3-5-6-7-17-24-21-15-13-20(14-16-21)23-22-19-11-9-18(8-4-2)10-12-19;1-4(6)3-5(2)7;/h4,10-17H,2-3,5-9,18H2,1H3;4,8-13,15-16H,3,5-7,17H2,1-2H3;4-7H,3H2,1-2H3;/q;-1;;.